The Balaban J connectivity index is 1.46. The molecule has 4 nitrogen and oxygen atoms in total. The van der Waals surface area contributed by atoms with Crippen LogP contribution in [0.2, 0.25) is 0 Å². The minimum atomic E-state index is -0.0825. The van der Waals surface area contributed by atoms with E-state index in [1.54, 1.807) is 7.11 Å². The number of carbonyl (C=O) groups excluding carboxylic acids is 1. The predicted molar refractivity (Wildman–Crippen MR) is 93.2 cm³/mol. The Hall–Kier alpha value is -1.91. The molecule has 1 amide bonds. The Bertz CT molecular complexity index is 749. The van der Waals surface area contributed by atoms with Gasteiger partial charge in [0.1, 0.15) is 0 Å². The molecule has 0 aromatic heterocycles. The van der Waals surface area contributed by atoms with Gasteiger partial charge in [-0.15, -0.1) is 0 Å². The van der Waals surface area contributed by atoms with E-state index in [-0.39, 0.29) is 17.6 Å². The molecule has 2 saturated heterocycles. The number of benzene rings is 2. The molecule has 0 unspecified atom stereocenters. The highest BCUT2D eigenvalue weighted by Gasteiger charge is 2.43. The lowest BCUT2D eigenvalue weighted by molar-refractivity contribution is -0.0402. The Morgan fingerprint density at radius 3 is 2.62 bits per heavy atom. The van der Waals surface area contributed by atoms with Crippen LogP contribution in [-0.4, -0.2) is 49.3 Å². The third-order valence-corrected chi connectivity index (χ3v) is 5.47. The molecule has 0 N–H and O–H groups in total. The minimum absolute atomic E-state index is 0.0825. The number of likely N-dealkylation sites (tertiary alicyclic amines) is 1. The average Bonchev–Trinajstić information content (AvgIpc) is 3.04. The summed E-state index contributed by atoms with van der Waals surface area (Å²) in [5.74, 6) is 0.122. The third kappa shape index (κ3) is 2.80. The Kier molecular flexibility index (Phi) is 4.02. The summed E-state index contributed by atoms with van der Waals surface area (Å²) >= 11 is 0. The van der Waals surface area contributed by atoms with Gasteiger partial charge in [0.25, 0.3) is 5.91 Å². The first-order chi connectivity index (χ1) is 11.7. The van der Waals surface area contributed by atoms with Crippen molar-refractivity contribution in [2.75, 3.05) is 26.8 Å². The average molecular weight is 325 g/mol. The molecular formula is C20H23NO3. The van der Waals surface area contributed by atoms with E-state index >= 15 is 0 Å². The molecule has 24 heavy (non-hydrogen) atoms. The molecule has 0 bridgehead atoms. The van der Waals surface area contributed by atoms with Gasteiger partial charge in [-0.05, 0) is 35.7 Å². The van der Waals surface area contributed by atoms with Gasteiger partial charge in [0, 0.05) is 32.2 Å². The van der Waals surface area contributed by atoms with Crippen molar-refractivity contribution in [1.82, 2.24) is 4.90 Å². The van der Waals surface area contributed by atoms with Crippen LogP contribution in [0.3, 0.4) is 0 Å². The molecule has 4 rings (SSSR count). The molecule has 1 spiro atoms. The Labute approximate surface area is 142 Å². The van der Waals surface area contributed by atoms with Gasteiger partial charge < -0.3 is 14.4 Å². The second-order valence-corrected chi connectivity index (χ2v) is 6.91. The van der Waals surface area contributed by atoms with E-state index in [2.05, 4.69) is 12.1 Å². The van der Waals surface area contributed by atoms with E-state index < -0.39 is 0 Å². The highest BCUT2D eigenvalue weighted by molar-refractivity contribution is 5.98. The first-order valence-electron chi connectivity index (χ1n) is 8.64. The quantitative estimate of drug-likeness (QED) is 0.851. The van der Waals surface area contributed by atoms with E-state index in [0.29, 0.717) is 6.61 Å². The molecule has 126 valence electrons. The monoisotopic (exact) mass is 325 g/mol. The molecule has 2 aromatic rings. The highest BCUT2D eigenvalue weighted by Crippen LogP contribution is 2.37. The number of piperidine rings is 1. The number of ether oxygens (including phenoxy) is 2. The minimum Gasteiger partial charge on any atom is -0.379 e. The fraction of sp³-hybridized carbons (Fsp3) is 0.450. The van der Waals surface area contributed by atoms with Crippen molar-refractivity contribution < 1.29 is 14.3 Å². The lowest BCUT2D eigenvalue weighted by atomic mass is 9.87. The van der Waals surface area contributed by atoms with Crippen LogP contribution in [0.4, 0.5) is 0 Å². The van der Waals surface area contributed by atoms with Crippen molar-refractivity contribution in [3.8, 4) is 0 Å². The fourth-order valence-corrected chi connectivity index (χ4v) is 3.92. The van der Waals surface area contributed by atoms with Crippen LogP contribution >= 0.6 is 0 Å². The van der Waals surface area contributed by atoms with Crippen molar-refractivity contribution in [2.45, 2.75) is 31.0 Å². The summed E-state index contributed by atoms with van der Waals surface area (Å²) in [5.41, 5.74) is 0.688. The standard InChI is InChI=1S/C20H23NO3/c1-23-18-13-20(24-14-18)8-10-21(11-9-20)19(22)17-7-6-15-4-2-3-5-16(15)12-17/h2-7,12,18H,8-11,13-14H2,1H3/t18-/m1/s1. The van der Waals surface area contributed by atoms with Crippen molar-refractivity contribution in [3.05, 3.63) is 48.0 Å². The first-order valence-corrected chi connectivity index (χ1v) is 8.64. The lowest BCUT2D eigenvalue weighted by Crippen LogP contribution is -2.46. The molecule has 2 fully saturated rings. The fourth-order valence-electron chi connectivity index (χ4n) is 3.92. The van der Waals surface area contributed by atoms with Gasteiger partial charge in [-0.3, -0.25) is 4.79 Å². The van der Waals surface area contributed by atoms with E-state index in [0.717, 1.165) is 48.7 Å². The zero-order valence-electron chi connectivity index (χ0n) is 14.0. The maximum Gasteiger partial charge on any atom is 0.253 e. The first kappa shape index (κ1) is 15.6. The van der Waals surface area contributed by atoms with Crippen molar-refractivity contribution in [2.24, 2.45) is 0 Å². The summed E-state index contributed by atoms with van der Waals surface area (Å²) in [4.78, 5) is 14.8. The number of amides is 1. The van der Waals surface area contributed by atoms with Crippen LogP contribution in [-0.2, 0) is 9.47 Å². The zero-order valence-corrected chi connectivity index (χ0v) is 14.0. The number of fused-ring (bicyclic) bond motifs is 1. The Morgan fingerprint density at radius 1 is 1.17 bits per heavy atom. The molecule has 2 aliphatic heterocycles. The number of hydrogen-bond donors (Lipinski definition) is 0. The third-order valence-electron chi connectivity index (χ3n) is 5.47. The smallest absolute Gasteiger partial charge is 0.253 e. The topological polar surface area (TPSA) is 38.8 Å². The van der Waals surface area contributed by atoms with E-state index in [1.165, 1.54) is 0 Å². The van der Waals surface area contributed by atoms with Crippen LogP contribution in [0.25, 0.3) is 10.8 Å². The number of methoxy groups -OCH3 is 1. The predicted octanol–water partition coefficient (Wildman–Crippen LogP) is 3.25. The second-order valence-electron chi connectivity index (χ2n) is 6.91. The maximum absolute atomic E-state index is 12.8. The summed E-state index contributed by atoms with van der Waals surface area (Å²) in [6, 6.07) is 14.1. The van der Waals surface area contributed by atoms with Crippen LogP contribution in [0.1, 0.15) is 29.6 Å². The van der Waals surface area contributed by atoms with E-state index in [1.807, 2.05) is 35.2 Å². The molecular weight excluding hydrogens is 302 g/mol. The van der Waals surface area contributed by atoms with Crippen molar-refractivity contribution in [3.63, 3.8) is 0 Å². The Morgan fingerprint density at radius 2 is 1.92 bits per heavy atom. The molecule has 2 aliphatic rings. The zero-order chi connectivity index (χ0) is 16.6. The van der Waals surface area contributed by atoms with Gasteiger partial charge in [0.15, 0.2) is 0 Å². The SMILES string of the molecule is CO[C@H]1COC2(CCN(C(=O)c3ccc4ccccc4c3)CC2)C1. The summed E-state index contributed by atoms with van der Waals surface area (Å²) in [7, 11) is 1.74. The van der Waals surface area contributed by atoms with Gasteiger partial charge in [-0.1, -0.05) is 30.3 Å². The van der Waals surface area contributed by atoms with Crippen LogP contribution in [0.15, 0.2) is 42.5 Å². The summed E-state index contributed by atoms with van der Waals surface area (Å²) < 4.78 is 11.4. The van der Waals surface area contributed by atoms with Gasteiger partial charge in [0.2, 0.25) is 0 Å². The van der Waals surface area contributed by atoms with Gasteiger partial charge >= 0.3 is 0 Å². The number of hydrogen-bond acceptors (Lipinski definition) is 3. The van der Waals surface area contributed by atoms with Crippen LogP contribution in [0.5, 0.6) is 0 Å². The number of rotatable bonds is 2. The highest BCUT2D eigenvalue weighted by atomic mass is 16.6. The molecule has 4 heteroatoms. The normalized spacial score (nSPS) is 23.0. The summed E-state index contributed by atoms with van der Waals surface area (Å²) in [6.07, 6.45) is 2.94. The van der Waals surface area contributed by atoms with Crippen LogP contribution in [0, 0.1) is 0 Å². The van der Waals surface area contributed by atoms with Gasteiger partial charge in [-0.2, -0.15) is 0 Å². The van der Waals surface area contributed by atoms with Gasteiger partial charge in [0.05, 0.1) is 18.3 Å². The van der Waals surface area contributed by atoms with Gasteiger partial charge in [-0.25, -0.2) is 0 Å². The molecule has 1 atom stereocenters. The van der Waals surface area contributed by atoms with E-state index in [4.69, 9.17) is 9.47 Å². The number of nitrogens with zero attached hydrogens (tertiary/aromatic N) is 1. The molecule has 0 aliphatic carbocycles. The van der Waals surface area contributed by atoms with Crippen molar-refractivity contribution in [1.29, 1.82) is 0 Å². The molecule has 0 saturated carbocycles. The van der Waals surface area contributed by atoms with Crippen molar-refractivity contribution >= 4 is 16.7 Å². The van der Waals surface area contributed by atoms with Crippen LogP contribution < -0.4 is 0 Å². The molecule has 0 radical (unpaired) electrons. The summed E-state index contributed by atoms with van der Waals surface area (Å²) in [5, 5.41) is 2.27. The lowest BCUT2D eigenvalue weighted by Gasteiger charge is -2.38. The second kappa shape index (κ2) is 6.19. The maximum atomic E-state index is 12.8. The molecule has 2 heterocycles. The number of carbonyl (C=O) groups is 1. The largest absolute Gasteiger partial charge is 0.379 e. The molecule has 2 aromatic carbocycles. The summed E-state index contributed by atoms with van der Waals surface area (Å²) in [6.45, 7) is 2.18. The van der Waals surface area contributed by atoms with E-state index in [9.17, 15) is 4.79 Å².